The molecule has 1 amide bonds. The van der Waals surface area contributed by atoms with Crippen LogP contribution in [0.4, 0.5) is 0 Å². The van der Waals surface area contributed by atoms with Gasteiger partial charge in [0.1, 0.15) is 11.5 Å². The summed E-state index contributed by atoms with van der Waals surface area (Å²) in [5.74, 6) is 1.93. The Morgan fingerprint density at radius 3 is 2.43 bits per heavy atom. The number of pyridine rings is 1. The van der Waals surface area contributed by atoms with Crippen molar-refractivity contribution < 1.29 is 9.21 Å². The van der Waals surface area contributed by atoms with Crippen molar-refractivity contribution in [3.63, 3.8) is 0 Å². The Hall–Kier alpha value is -2.92. The van der Waals surface area contributed by atoms with Crippen molar-refractivity contribution in [1.82, 2.24) is 14.8 Å². The second kappa shape index (κ2) is 8.85. The van der Waals surface area contributed by atoms with Crippen molar-refractivity contribution in [1.29, 1.82) is 0 Å². The smallest absolute Gasteiger partial charge is 0.223 e. The summed E-state index contributed by atoms with van der Waals surface area (Å²) < 4.78 is 5.91. The van der Waals surface area contributed by atoms with Gasteiger partial charge in [-0.25, -0.2) is 0 Å². The summed E-state index contributed by atoms with van der Waals surface area (Å²) in [6.45, 7) is 4.31. The summed E-state index contributed by atoms with van der Waals surface area (Å²) in [7, 11) is 0. The van der Waals surface area contributed by atoms with Crippen molar-refractivity contribution >= 4 is 5.91 Å². The molecule has 1 aliphatic heterocycles. The highest BCUT2D eigenvalue weighted by Gasteiger charge is 2.21. The average Bonchev–Trinajstić information content (AvgIpc) is 3.23. The Kier molecular flexibility index (Phi) is 5.83. The molecular weight excluding hydrogens is 350 g/mol. The van der Waals surface area contributed by atoms with Gasteiger partial charge < -0.3 is 9.32 Å². The first-order valence-corrected chi connectivity index (χ1v) is 9.81. The highest BCUT2D eigenvalue weighted by atomic mass is 16.3. The maximum atomic E-state index is 12.6. The third-order valence-electron chi connectivity index (χ3n) is 5.19. The molecule has 0 unspecified atom stereocenters. The van der Waals surface area contributed by atoms with E-state index in [4.69, 9.17) is 4.42 Å². The predicted molar refractivity (Wildman–Crippen MR) is 109 cm³/mol. The molecule has 28 heavy (non-hydrogen) atoms. The molecule has 1 saturated heterocycles. The standard InChI is InChI=1S/C23H25N3O2/c27-23(9-7-21-6-8-22(28-21)20-4-2-1-3-5-20)26-16-14-25(15-17-26)18-19-10-12-24-13-11-19/h1-6,8,10-13H,7,9,14-18H2. The van der Waals surface area contributed by atoms with E-state index in [2.05, 4.69) is 9.88 Å². The second-order valence-corrected chi connectivity index (χ2v) is 7.14. The van der Waals surface area contributed by atoms with E-state index < -0.39 is 0 Å². The molecule has 5 heteroatoms. The van der Waals surface area contributed by atoms with Crippen LogP contribution in [0.3, 0.4) is 0 Å². The first-order valence-electron chi connectivity index (χ1n) is 9.81. The first-order chi connectivity index (χ1) is 13.8. The molecule has 0 radical (unpaired) electrons. The Labute approximate surface area is 165 Å². The van der Waals surface area contributed by atoms with E-state index in [0.29, 0.717) is 12.8 Å². The second-order valence-electron chi connectivity index (χ2n) is 7.14. The molecule has 0 aliphatic carbocycles. The van der Waals surface area contributed by atoms with Crippen LogP contribution in [-0.2, 0) is 17.8 Å². The van der Waals surface area contributed by atoms with Crippen LogP contribution >= 0.6 is 0 Å². The molecule has 144 valence electrons. The monoisotopic (exact) mass is 375 g/mol. The first kappa shape index (κ1) is 18.4. The molecule has 0 spiro atoms. The van der Waals surface area contributed by atoms with Gasteiger partial charge in [-0.2, -0.15) is 0 Å². The molecule has 4 rings (SSSR count). The third kappa shape index (κ3) is 4.67. The Balaban J connectivity index is 1.23. The van der Waals surface area contributed by atoms with Crippen molar-refractivity contribution in [2.24, 2.45) is 0 Å². The molecule has 3 aromatic rings. The number of aromatic nitrogens is 1. The summed E-state index contributed by atoms with van der Waals surface area (Å²) >= 11 is 0. The molecule has 0 bridgehead atoms. The molecule has 0 saturated carbocycles. The molecule has 1 fully saturated rings. The molecule has 0 N–H and O–H groups in total. The van der Waals surface area contributed by atoms with Crippen LogP contribution in [0.15, 0.2) is 71.4 Å². The van der Waals surface area contributed by atoms with Crippen molar-refractivity contribution in [3.8, 4) is 11.3 Å². The summed E-state index contributed by atoms with van der Waals surface area (Å²) in [6.07, 6.45) is 4.79. The Morgan fingerprint density at radius 2 is 1.68 bits per heavy atom. The number of benzene rings is 1. The van der Waals surface area contributed by atoms with Crippen LogP contribution in [-0.4, -0.2) is 46.9 Å². The van der Waals surface area contributed by atoms with Gasteiger partial charge in [0.2, 0.25) is 5.91 Å². The molecule has 2 aromatic heterocycles. The fourth-order valence-electron chi connectivity index (χ4n) is 3.56. The summed E-state index contributed by atoms with van der Waals surface area (Å²) in [6, 6.07) is 18.1. The van der Waals surface area contributed by atoms with Gasteiger partial charge >= 0.3 is 0 Å². The summed E-state index contributed by atoms with van der Waals surface area (Å²) in [4.78, 5) is 21.0. The van der Waals surface area contributed by atoms with Crippen LogP contribution in [0, 0.1) is 0 Å². The van der Waals surface area contributed by atoms with Crippen molar-refractivity contribution in [2.75, 3.05) is 26.2 Å². The lowest BCUT2D eigenvalue weighted by atomic mass is 10.2. The fraction of sp³-hybridized carbons (Fsp3) is 0.304. The largest absolute Gasteiger partial charge is 0.461 e. The lowest BCUT2D eigenvalue weighted by Crippen LogP contribution is -2.48. The van der Waals surface area contributed by atoms with Crippen molar-refractivity contribution in [2.45, 2.75) is 19.4 Å². The number of carbonyl (C=O) groups is 1. The van der Waals surface area contributed by atoms with Gasteiger partial charge in [0.15, 0.2) is 0 Å². The number of nitrogens with zero attached hydrogens (tertiary/aromatic N) is 3. The number of piperazine rings is 1. The maximum absolute atomic E-state index is 12.6. The number of furan rings is 1. The minimum absolute atomic E-state index is 0.209. The predicted octanol–water partition coefficient (Wildman–Crippen LogP) is 3.62. The fourth-order valence-corrected chi connectivity index (χ4v) is 3.56. The molecule has 1 aliphatic rings. The van der Waals surface area contributed by atoms with E-state index in [1.54, 1.807) is 0 Å². The number of carbonyl (C=O) groups excluding carboxylic acids is 1. The number of amides is 1. The zero-order chi connectivity index (χ0) is 19.2. The molecule has 3 heterocycles. The van der Waals surface area contributed by atoms with E-state index in [1.165, 1.54) is 5.56 Å². The number of hydrogen-bond acceptors (Lipinski definition) is 4. The summed E-state index contributed by atoms with van der Waals surface area (Å²) in [5.41, 5.74) is 2.33. The van der Waals surface area contributed by atoms with E-state index in [0.717, 1.165) is 49.8 Å². The van der Waals surface area contributed by atoms with E-state index in [9.17, 15) is 4.79 Å². The van der Waals surface area contributed by atoms with Crippen LogP contribution < -0.4 is 0 Å². The highest BCUT2D eigenvalue weighted by Crippen LogP contribution is 2.22. The topological polar surface area (TPSA) is 49.6 Å². The normalized spacial score (nSPS) is 14.9. The van der Waals surface area contributed by atoms with Gasteiger partial charge in [-0.1, -0.05) is 30.3 Å². The molecular formula is C23H25N3O2. The zero-order valence-electron chi connectivity index (χ0n) is 16.0. The van der Waals surface area contributed by atoms with Gasteiger partial charge in [0.25, 0.3) is 0 Å². The maximum Gasteiger partial charge on any atom is 0.223 e. The molecule has 0 atom stereocenters. The number of rotatable bonds is 6. The lowest BCUT2D eigenvalue weighted by molar-refractivity contribution is -0.133. The average molecular weight is 375 g/mol. The van der Waals surface area contributed by atoms with E-state index in [1.807, 2.05) is 71.9 Å². The van der Waals surface area contributed by atoms with Gasteiger partial charge in [0, 0.05) is 63.5 Å². The van der Waals surface area contributed by atoms with Gasteiger partial charge in [0.05, 0.1) is 0 Å². The van der Waals surface area contributed by atoms with Gasteiger partial charge in [-0.05, 0) is 29.8 Å². The third-order valence-corrected chi connectivity index (χ3v) is 5.19. The Bertz CT molecular complexity index is 884. The minimum atomic E-state index is 0.209. The molecule has 1 aromatic carbocycles. The number of hydrogen-bond donors (Lipinski definition) is 0. The van der Waals surface area contributed by atoms with Gasteiger partial charge in [-0.3, -0.25) is 14.7 Å². The molecule has 5 nitrogen and oxygen atoms in total. The quantitative estimate of drug-likeness (QED) is 0.660. The van der Waals surface area contributed by atoms with Crippen LogP contribution in [0.25, 0.3) is 11.3 Å². The van der Waals surface area contributed by atoms with Crippen molar-refractivity contribution in [3.05, 3.63) is 78.3 Å². The van der Waals surface area contributed by atoms with Crippen LogP contribution in [0.1, 0.15) is 17.7 Å². The van der Waals surface area contributed by atoms with Gasteiger partial charge in [-0.15, -0.1) is 0 Å². The summed E-state index contributed by atoms with van der Waals surface area (Å²) in [5, 5.41) is 0. The van der Waals surface area contributed by atoms with Crippen LogP contribution in [0.2, 0.25) is 0 Å². The highest BCUT2D eigenvalue weighted by molar-refractivity contribution is 5.76. The van der Waals surface area contributed by atoms with Crippen LogP contribution in [0.5, 0.6) is 0 Å². The zero-order valence-corrected chi connectivity index (χ0v) is 16.0. The lowest BCUT2D eigenvalue weighted by Gasteiger charge is -2.34. The SMILES string of the molecule is O=C(CCc1ccc(-c2ccccc2)o1)N1CCN(Cc2ccncc2)CC1. The van der Waals surface area contributed by atoms with E-state index >= 15 is 0 Å². The Morgan fingerprint density at radius 1 is 0.929 bits per heavy atom. The number of aryl methyl sites for hydroxylation is 1. The van der Waals surface area contributed by atoms with E-state index in [-0.39, 0.29) is 5.91 Å². The minimum Gasteiger partial charge on any atom is -0.461 e.